The Bertz CT molecular complexity index is 571. The van der Waals surface area contributed by atoms with Crippen molar-refractivity contribution in [2.75, 3.05) is 25.6 Å². The third kappa shape index (κ3) is 4.09. The summed E-state index contributed by atoms with van der Waals surface area (Å²) < 4.78 is 12.4. The molecule has 2 N–H and O–H groups in total. The van der Waals surface area contributed by atoms with Gasteiger partial charge in [0.25, 0.3) is 0 Å². The fourth-order valence-corrected chi connectivity index (χ4v) is 1.88. The maximum Gasteiger partial charge on any atom is 0.163 e. The van der Waals surface area contributed by atoms with Gasteiger partial charge in [0, 0.05) is 11.8 Å². The van der Waals surface area contributed by atoms with E-state index in [1.165, 1.54) is 0 Å². The van der Waals surface area contributed by atoms with Crippen LogP contribution in [-0.2, 0) is 13.1 Å². The van der Waals surface area contributed by atoms with Crippen molar-refractivity contribution in [3.63, 3.8) is 0 Å². The average molecular weight is 292 g/mol. The van der Waals surface area contributed by atoms with E-state index in [1.54, 1.807) is 18.0 Å². The SMILES string of the molecule is CCOc1cc(NCc2cn(CCO)nn2)ccc1OC. The number of nitrogens with one attached hydrogen (secondary N) is 1. The quantitative estimate of drug-likeness (QED) is 0.763. The van der Waals surface area contributed by atoms with Crippen molar-refractivity contribution in [2.24, 2.45) is 0 Å². The van der Waals surface area contributed by atoms with E-state index in [0.717, 1.165) is 11.4 Å². The van der Waals surface area contributed by atoms with Crippen LogP contribution in [0.3, 0.4) is 0 Å². The highest BCUT2D eigenvalue weighted by atomic mass is 16.5. The molecule has 2 rings (SSSR count). The summed E-state index contributed by atoms with van der Waals surface area (Å²) in [5.41, 5.74) is 1.72. The fraction of sp³-hybridized carbons (Fsp3) is 0.429. The van der Waals surface area contributed by atoms with Gasteiger partial charge >= 0.3 is 0 Å². The number of hydrogen-bond donors (Lipinski definition) is 2. The number of aliphatic hydroxyl groups is 1. The van der Waals surface area contributed by atoms with Gasteiger partial charge in [-0.3, -0.25) is 0 Å². The number of aromatic nitrogens is 3. The van der Waals surface area contributed by atoms with Gasteiger partial charge in [0.2, 0.25) is 0 Å². The van der Waals surface area contributed by atoms with Crippen molar-refractivity contribution in [2.45, 2.75) is 20.0 Å². The van der Waals surface area contributed by atoms with Gasteiger partial charge in [0.1, 0.15) is 5.69 Å². The summed E-state index contributed by atoms with van der Waals surface area (Å²) in [6.07, 6.45) is 1.80. The zero-order valence-corrected chi connectivity index (χ0v) is 12.2. The molecule has 0 amide bonds. The Balaban J connectivity index is 2.00. The van der Waals surface area contributed by atoms with Crippen LogP contribution in [0.15, 0.2) is 24.4 Å². The second kappa shape index (κ2) is 7.49. The van der Waals surface area contributed by atoms with Crippen LogP contribution >= 0.6 is 0 Å². The highest BCUT2D eigenvalue weighted by Gasteiger charge is 2.06. The summed E-state index contributed by atoms with van der Waals surface area (Å²) in [6.45, 7) is 3.55. The molecule has 0 aliphatic rings. The van der Waals surface area contributed by atoms with Crippen molar-refractivity contribution < 1.29 is 14.6 Å². The second-order valence-electron chi connectivity index (χ2n) is 4.35. The van der Waals surface area contributed by atoms with E-state index in [-0.39, 0.29) is 6.61 Å². The van der Waals surface area contributed by atoms with Gasteiger partial charge in [-0.1, -0.05) is 5.21 Å². The minimum atomic E-state index is 0.0480. The standard InChI is InChI=1S/C14H20N4O3/c1-3-21-14-8-11(4-5-13(14)20-2)15-9-12-10-18(6-7-19)17-16-12/h4-5,8,10,15,19H,3,6-7,9H2,1-2H3. The van der Waals surface area contributed by atoms with Crippen LogP contribution in [0, 0.1) is 0 Å². The number of anilines is 1. The first kappa shape index (κ1) is 15.1. The first-order valence-corrected chi connectivity index (χ1v) is 6.81. The first-order chi connectivity index (χ1) is 10.3. The molecule has 0 radical (unpaired) electrons. The zero-order chi connectivity index (χ0) is 15.1. The smallest absolute Gasteiger partial charge is 0.163 e. The van der Waals surface area contributed by atoms with Crippen molar-refractivity contribution in [1.29, 1.82) is 0 Å². The summed E-state index contributed by atoms with van der Waals surface area (Å²) in [6, 6.07) is 5.66. The molecule has 21 heavy (non-hydrogen) atoms. The van der Waals surface area contributed by atoms with Crippen LogP contribution in [0.5, 0.6) is 11.5 Å². The van der Waals surface area contributed by atoms with Gasteiger partial charge in [-0.25, -0.2) is 4.68 Å². The molecule has 7 heteroatoms. The zero-order valence-electron chi connectivity index (χ0n) is 12.2. The molecule has 2 aromatic rings. The molecule has 1 heterocycles. The number of aliphatic hydroxyl groups excluding tert-OH is 1. The lowest BCUT2D eigenvalue weighted by atomic mass is 10.2. The normalized spacial score (nSPS) is 10.4. The molecule has 1 aromatic carbocycles. The Labute approximate surface area is 123 Å². The van der Waals surface area contributed by atoms with Gasteiger partial charge in [-0.2, -0.15) is 0 Å². The number of nitrogens with zero attached hydrogens (tertiary/aromatic N) is 3. The van der Waals surface area contributed by atoms with E-state index >= 15 is 0 Å². The summed E-state index contributed by atoms with van der Waals surface area (Å²) in [5, 5.41) is 20.0. The van der Waals surface area contributed by atoms with Crippen LogP contribution < -0.4 is 14.8 Å². The van der Waals surface area contributed by atoms with Crippen molar-refractivity contribution >= 4 is 5.69 Å². The number of hydrogen-bond acceptors (Lipinski definition) is 6. The van der Waals surface area contributed by atoms with E-state index in [4.69, 9.17) is 14.6 Å². The Morgan fingerprint density at radius 1 is 1.33 bits per heavy atom. The number of methoxy groups -OCH3 is 1. The van der Waals surface area contributed by atoms with Gasteiger partial charge in [-0.05, 0) is 19.1 Å². The molecule has 0 aliphatic carbocycles. The summed E-state index contributed by atoms with van der Waals surface area (Å²) >= 11 is 0. The maximum absolute atomic E-state index is 8.84. The largest absolute Gasteiger partial charge is 0.493 e. The van der Waals surface area contributed by atoms with Gasteiger partial charge in [-0.15, -0.1) is 5.10 Å². The number of benzene rings is 1. The molecule has 0 aliphatic heterocycles. The minimum Gasteiger partial charge on any atom is -0.493 e. The topological polar surface area (TPSA) is 81.4 Å². The lowest BCUT2D eigenvalue weighted by Gasteiger charge is -2.11. The van der Waals surface area contributed by atoms with Crippen LogP contribution in [0.4, 0.5) is 5.69 Å². The summed E-state index contributed by atoms with van der Waals surface area (Å²) in [5.74, 6) is 1.41. The van der Waals surface area contributed by atoms with Gasteiger partial charge in [0.05, 0.1) is 39.6 Å². The average Bonchev–Trinajstić information content (AvgIpc) is 2.94. The van der Waals surface area contributed by atoms with E-state index < -0.39 is 0 Å². The minimum absolute atomic E-state index is 0.0480. The van der Waals surface area contributed by atoms with E-state index in [2.05, 4.69) is 15.6 Å². The predicted molar refractivity (Wildman–Crippen MR) is 78.6 cm³/mol. The van der Waals surface area contributed by atoms with Gasteiger partial charge < -0.3 is 19.9 Å². The van der Waals surface area contributed by atoms with Crippen LogP contribution in [0.25, 0.3) is 0 Å². The second-order valence-corrected chi connectivity index (χ2v) is 4.35. The van der Waals surface area contributed by atoms with Crippen LogP contribution in [0.2, 0.25) is 0 Å². The molecular weight excluding hydrogens is 272 g/mol. The molecule has 0 saturated heterocycles. The molecule has 0 fully saturated rings. The highest BCUT2D eigenvalue weighted by molar-refractivity contribution is 5.54. The van der Waals surface area contributed by atoms with Gasteiger partial charge in [0.15, 0.2) is 11.5 Å². The van der Waals surface area contributed by atoms with Crippen molar-refractivity contribution in [3.8, 4) is 11.5 Å². The monoisotopic (exact) mass is 292 g/mol. The van der Waals surface area contributed by atoms with Crippen molar-refractivity contribution in [1.82, 2.24) is 15.0 Å². The Hall–Kier alpha value is -2.28. The highest BCUT2D eigenvalue weighted by Crippen LogP contribution is 2.30. The number of ether oxygens (including phenoxy) is 2. The lowest BCUT2D eigenvalue weighted by molar-refractivity contribution is 0.268. The first-order valence-electron chi connectivity index (χ1n) is 6.81. The molecule has 0 saturated carbocycles. The Morgan fingerprint density at radius 2 is 2.19 bits per heavy atom. The molecule has 1 aromatic heterocycles. The molecule has 0 unspecified atom stereocenters. The third-order valence-corrected chi connectivity index (χ3v) is 2.85. The molecule has 114 valence electrons. The van der Waals surface area contributed by atoms with E-state index in [9.17, 15) is 0 Å². The fourth-order valence-electron chi connectivity index (χ4n) is 1.88. The van der Waals surface area contributed by atoms with Crippen LogP contribution in [-0.4, -0.2) is 40.4 Å². The van der Waals surface area contributed by atoms with Crippen LogP contribution in [0.1, 0.15) is 12.6 Å². The molecule has 7 nitrogen and oxygen atoms in total. The molecule has 0 atom stereocenters. The molecular formula is C14H20N4O3. The summed E-state index contributed by atoms with van der Waals surface area (Å²) in [7, 11) is 1.62. The van der Waals surface area contributed by atoms with E-state index in [1.807, 2.05) is 25.1 Å². The number of rotatable bonds is 8. The molecule has 0 bridgehead atoms. The maximum atomic E-state index is 8.84. The van der Waals surface area contributed by atoms with E-state index in [0.29, 0.717) is 31.2 Å². The third-order valence-electron chi connectivity index (χ3n) is 2.85. The lowest BCUT2D eigenvalue weighted by Crippen LogP contribution is -2.02. The predicted octanol–water partition coefficient (Wildman–Crippen LogP) is 1.29. The Morgan fingerprint density at radius 3 is 2.90 bits per heavy atom. The van der Waals surface area contributed by atoms with Crippen molar-refractivity contribution in [3.05, 3.63) is 30.1 Å². The molecule has 0 spiro atoms. The Kier molecular flexibility index (Phi) is 5.39. The summed E-state index contributed by atoms with van der Waals surface area (Å²) in [4.78, 5) is 0.